The van der Waals surface area contributed by atoms with Crippen LogP contribution >= 0.6 is 0 Å². The molecule has 1 aliphatic carbocycles. The second-order valence-electron chi connectivity index (χ2n) is 11.8. The topological polar surface area (TPSA) is 91.1 Å². The molecule has 0 atom stereocenters. The summed E-state index contributed by atoms with van der Waals surface area (Å²) in [5.74, 6) is -1.93. The van der Waals surface area contributed by atoms with Crippen LogP contribution in [0.25, 0.3) is 0 Å². The van der Waals surface area contributed by atoms with E-state index in [1.165, 1.54) is 75.6 Å². The first kappa shape index (κ1) is 31.3. The van der Waals surface area contributed by atoms with Gasteiger partial charge in [-0.1, -0.05) is 63.5 Å². The van der Waals surface area contributed by atoms with E-state index < -0.39 is 32.3 Å². The number of nitrogens with one attached hydrogen (secondary N) is 3. The summed E-state index contributed by atoms with van der Waals surface area (Å²) < 4.78 is 78.3. The van der Waals surface area contributed by atoms with Crippen LogP contribution in [-0.4, -0.2) is 24.8 Å². The molecule has 6 nitrogen and oxygen atoms in total. The van der Waals surface area contributed by atoms with Crippen LogP contribution in [-0.2, 0) is 35.5 Å². The van der Waals surface area contributed by atoms with Crippen molar-refractivity contribution in [2.75, 3.05) is 0 Å². The first-order valence-corrected chi connectivity index (χ1v) is 16.4. The average Bonchev–Trinajstić information content (AvgIpc) is 3.37. The molecule has 1 spiro atoms. The van der Waals surface area contributed by atoms with Crippen LogP contribution in [0.1, 0.15) is 97.1 Å². The van der Waals surface area contributed by atoms with Gasteiger partial charge in [0, 0.05) is 30.7 Å². The lowest BCUT2D eigenvalue weighted by Gasteiger charge is -2.39. The largest absolute Gasteiger partial charge is 0.419 e. The number of rotatable bonds is 5. The standard InChI is InChI=1S/C32H37F4N3O3S/c33-27-18-25(13-14-26(27)32(34,35)36)43(41,42)24-11-9-22(10-12-24)20-37-30(40)28-17-23-21-38-31(19-29(23)39-28)15-7-5-3-1-2-4-6-8-16-31/h9-14,17-18,38-39H,1-8,15-16,19-21H2,(H,37,40). The number of sulfone groups is 1. The van der Waals surface area contributed by atoms with Crippen molar-refractivity contribution < 1.29 is 30.8 Å². The number of carbonyl (C=O) groups excluding carboxylic acids is 1. The van der Waals surface area contributed by atoms with Crippen LogP contribution in [0.15, 0.2) is 58.3 Å². The van der Waals surface area contributed by atoms with Crippen molar-refractivity contribution in [3.63, 3.8) is 0 Å². The molecule has 2 aliphatic rings. The van der Waals surface area contributed by atoms with Crippen molar-refractivity contribution in [3.05, 3.63) is 82.4 Å². The van der Waals surface area contributed by atoms with Crippen molar-refractivity contribution in [1.29, 1.82) is 0 Å². The number of aromatic amines is 1. The number of fused-ring (bicyclic) bond motifs is 1. The van der Waals surface area contributed by atoms with Gasteiger partial charge in [0.15, 0.2) is 0 Å². The predicted octanol–water partition coefficient (Wildman–Crippen LogP) is 7.23. The summed E-state index contributed by atoms with van der Waals surface area (Å²) in [5, 5.41) is 6.66. The van der Waals surface area contributed by atoms with Gasteiger partial charge in [0.1, 0.15) is 11.5 Å². The van der Waals surface area contributed by atoms with E-state index in [1.807, 2.05) is 6.07 Å². The number of H-pyrrole nitrogens is 1. The summed E-state index contributed by atoms with van der Waals surface area (Å²) in [7, 11) is -4.24. The first-order chi connectivity index (χ1) is 20.5. The Labute approximate surface area is 249 Å². The molecule has 2 aromatic carbocycles. The Kier molecular flexibility index (Phi) is 9.31. The molecular weight excluding hydrogens is 582 g/mol. The zero-order valence-corrected chi connectivity index (χ0v) is 24.8. The van der Waals surface area contributed by atoms with Crippen molar-refractivity contribution in [2.24, 2.45) is 0 Å². The highest BCUT2D eigenvalue weighted by atomic mass is 32.2. The van der Waals surface area contributed by atoms with E-state index in [1.54, 1.807) is 0 Å². The third kappa shape index (κ3) is 7.32. The summed E-state index contributed by atoms with van der Waals surface area (Å²) >= 11 is 0. The summed E-state index contributed by atoms with van der Waals surface area (Å²) in [6, 6.07) is 8.99. The molecule has 1 aliphatic heterocycles. The summed E-state index contributed by atoms with van der Waals surface area (Å²) in [4.78, 5) is 15.6. The van der Waals surface area contributed by atoms with Gasteiger partial charge >= 0.3 is 6.18 Å². The van der Waals surface area contributed by atoms with Gasteiger partial charge in [0.2, 0.25) is 9.84 Å². The van der Waals surface area contributed by atoms with Gasteiger partial charge in [0.05, 0.1) is 15.4 Å². The molecular formula is C32H37F4N3O3S. The van der Waals surface area contributed by atoms with E-state index in [0.717, 1.165) is 43.1 Å². The van der Waals surface area contributed by atoms with Crippen LogP contribution in [0, 0.1) is 5.82 Å². The van der Waals surface area contributed by atoms with Gasteiger partial charge in [-0.2, -0.15) is 13.2 Å². The fourth-order valence-electron chi connectivity index (χ4n) is 6.22. The summed E-state index contributed by atoms with van der Waals surface area (Å²) in [6.45, 7) is 0.859. The Bertz CT molecular complexity index is 1540. The first-order valence-electron chi connectivity index (χ1n) is 14.9. The molecule has 2 heterocycles. The zero-order valence-electron chi connectivity index (χ0n) is 24.0. The monoisotopic (exact) mass is 619 g/mol. The van der Waals surface area contributed by atoms with Gasteiger partial charge in [-0.15, -0.1) is 0 Å². The molecule has 11 heteroatoms. The van der Waals surface area contributed by atoms with E-state index in [2.05, 4.69) is 15.6 Å². The molecule has 1 aromatic heterocycles. The number of aromatic nitrogens is 1. The number of benzene rings is 2. The van der Waals surface area contributed by atoms with Crippen molar-refractivity contribution >= 4 is 15.7 Å². The Morgan fingerprint density at radius 3 is 2.07 bits per heavy atom. The fourth-order valence-corrected chi connectivity index (χ4v) is 7.49. The van der Waals surface area contributed by atoms with Crippen molar-refractivity contribution in [2.45, 2.75) is 105 Å². The number of carbonyl (C=O) groups is 1. The molecule has 232 valence electrons. The maximum atomic E-state index is 14.0. The molecule has 3 N–H and O–H groups in total. The number of halogens is 4. The SMILES string of the molecule is O=C(NCc1ccc(S(=O)(=O)c2ccc(C(F)(F)F)c(F)c2)cc1)c1cc2c([nH]1)CC1(CCCCCCCCCC1)NC2. The Morgan fingerprint density at radius 2 is 1.47 bits per heavy atom. The van der Waals surface area contributed by atoms with E-state index in [9.17, 15) is 30.8 Å². The maximum absolute atomic E-state index is 14.0. The average molecular weight is 620 g/mol. The molecule has 1 amide bonds. The minimum atomic E-state index is -4.93. The molecule has 5 rings (SSSR count). The summed E-state index contributed by atoms with van der Waals surface area (Å²) in [6.07, 6.45) is 8.38. The number of hydrogen-bond acceptors (Lipinski definition) is 4. The fraction of sp³-hybridized carbons (Fsp3) is 0.469. The number of alkyl halides is 3. The molecule has 0 bridgehead atoms. The third-order valence-electron chi connectivity index (χ3n) is 8.71. The molecule has 1 fully saturated rings. The highest BCUT2D eigenvalue weighted by Crippen LogP contribution is 2.34. The minimum Gasteiger partial charge on any atom is -0.354 e. The highest BCUT2D eigenvalue weighted by Gasteiger charge is 2.36. The number of hydrogen-bond donors (Lipinski definition) is 3. The highest BCUT2D eigenvalue weighted by molar-refractivity contribution is 7.91. The van der Waals surface area contributed by atoms with Crippen LogP contribution in [0.3, 0.4) is 0 Å². The van der Waals surface area contributed by atoms with Crippen LogP contribution < -0.4 is 10.6 Å². The molecule has 0 saturated heterocycles. The van der Waals surface area contributed by atoms with E-state index in [4.69, 9.17) is 0 Å². The molecule has 0 unspecified atom stereocenters. The number of amides is 1. The zero-order chi connectivity index (χ0) is 30.7. The minimum absolute atomic E-state index is 0.0597. The second kappa shape index (κ2) is 12.8. The van der Waals surface area contributed by atoms with Crippen LogP contribution in [0.2, 0.25) is 0 Å². The lowest BCUT2D eigenvalue weighted by atomic mass is 9.80. The van der Waals surface area contributed by atoms with E-state index in [0.29, 0.717) is 23.4 Å². The Morgan fingerprint density at radius 1 is 0.860 bits per heavy atom. The van der Waals surface area contributed by atoms with Crippen molar-refractivity contribution in [3.8, 4) is 0 Å². The summed E-state index contributed by atoms with van der Waals surface area (Å²) in [5.41, 5.74) is 1.83. The van der Waals surface area contributed by atoms with E-state index in [-0.39, 0.29) is 22.9 Å². The quantitative estimate of drug-likeness (QED) is 0.263. The van der Waals surface area contributed by atoms with Gasteiger partial charge in [-0.25, -0.2) is 12.8 Å². The van der Waals surface area contributed by atoms with Crippen LogP contribution in [0.4, 0.5) is 17.6 Å². The lowest BCUT2D eigenvalue weighted by molar-refractivity contribution is -0.140. The third-order valence-corrected chi connectivity index (χ3v) is 10.5. The van der Waals surface area contributed by atoms with Gasteiger partial charge in [0.25, 0.3) is 5.91 Å². The van der Waals surface area contributed by atoms with Gasteiger partial charge in [-0.3, -0.25) is 4.79 Å². The molecule has 0 radical (unpaired) electrons. The lowest BCUT2D eigenvalue weighted by Crippen LogP contribution is -2.49. The molecule has 1 saturated carbocycles. The normalized spacial score (nSPS) is 18.0. The smallest absolute Gasteiger partial charge is 0.354 e. The maximum Gasteiger partial charge on any atom is 0.419 e. The predicted molar refractivity (Wildman–Crippen MR) is 155 cm³/mol. The molecule has 43 heavy (non-hydrogen) atoms. The van der Waals surface area contributed by atoms with Gasteiger partial charge < -0.3 is 15.6 Å². The Balaban J connectivity index is 1.21. The Hall–Kier alpha value is -3.18. The van der Waals surface area contributed by atoms with Crippen LogP contribution in [0.5, 0.6) is 0 Å². The van der Waals surface area contributed by atoms with Crippen molar-refractivity contribution in [1.82, 2.24) is 15.6 Å². The second-order valence-corrected chi connectivity index (χ2v) is 13.7. The van der Waals surface area contributed by atoms with Gasteiger partial charge in [-0.05, 0) is 60.4 Å². The molecule has 3 aromatic rings. The van der Waals surface area contributed by atoms with E-state index >= 15 is 0 Å².